The average molecular weight is 396 g/mol. The Kier molecular flexibility index (Phi) is 6.16. The van der Waals surface area contributed by atoms with Gasteiger partial charge in [-0.1, -0.05) is 18.2 Å². The molecule has 1 aliphatic rings. The first-order valence-corrected chi connectivity index (χ1v) is 9.36. The SMILES string of the molecule is COc1cccc(N2C[C@@H](C(=O)OCC(=O)Nc3cccc(C)c3C)CC2=O)c1. The third-order valence-corrected chi connectivity index (χ3v) is 5.05. The van der Waals surface area contributed by atoms with Crippen LogP contribution in [0, 0.1) is 19.8 Å². The van der Waals surface area contributed by atoms with Gasteiger partial charge in [0.15, 0.2) is 6.61 Å². The second-order valence-corrected chi connectivity index (χ2v) is 7.01. The van der Waals surface area contributed by atoms with E-state index in [1.165, 1.54) is 4.90 Å². The Bertz CT molecular complexity index is 941. The summed E-state index contributed by atoms with van der Waals surface area (Å²) >= 11 is 0. The highest BCUT2D eigenvalue weighted by atomic mass is 16.5. The summed E-state index contributed by atoms with van der Waals surface area (Å²) in [5, 5.41) is 2.75. The maximum Gasteiger partial charge on any atom is 0.311 e. The summed E-state index contributed by atoms with van der Waals surface area (Å²) in [5.41, 5.74) is 3.37. The van der Waals surface area contributed by atoms with Gasteiger partial charge in [0.05, 0.1) is 13.0 Å². The van der Waals surface area contributed by atoms with E-state index in [4.69, 9.17) is 9.47 Å². The van der Waals surface area contributed by atoms with Gasteiger partial charge in [-0.15, -0.1) is 0 Å². The van der Waals surface area contributed by atoms with Gasteiger partial charge in [0.1, 0.15) is 5.75 Å². The fourth-order valence-corrected chi connectivity index (χ4v) is 3.22. The number of nitrogens with zero attached hydrogens (tertiary/aromatic N) is 1. The van der Waals surface area contributed by atoms with Crippen molar-refractivity contribution in [1.29, 1.82) is 0 Å². The molecule has 1 heterocycles. The van der Waals surface area contributed by atoms with Crippen molar-refractivity contribution in [2.24, 2.45) is 5.92 Å². The van der Waals surface area contributed by atoms with Gasteiger partial charge in [-0.05, 0) is 43.2 Å². The zero-order valence-corrected chi connectivity index (χ0v) is 16.7. The fourth-order valence-electron chi connectivity index (χ4n) is 3.22. The molecular formula is C22H24N2O5. The highest BCUT2D eigenvalue weighted by molar-refractivity contribution is 6.00. The van der Waals surface area contributed by atoms with Crippen molar-refractivity contribution in [2.45, 2.75) is 20.3 Å². The molecule has 1 atom stereocenters. The first kappa shape index (κ1) is 20.4. The van der Waals surface area contributed by atoms with Crippen LogP contribution in [-0.2, 0) is 19.1 Å². The molecule has 1 aliphatic heterocycles. The largest absolute Gasteiger partial charge is 0.497 e. The van der Waals surface area contributed by atoms with E-state index in [0.717, 1.165) is 11.1 Å². The van der Waals surface area contributed by atoms with Crippen molar-refractivity contribution < 1.29 is 23.9 Å². The summed E-state index contributed by atoms with van der Waals surface area (Å²) in [6.07, 6.45) is 0.0502. The minimum atomic E-state index is -0.609. The van der Waals surface area contributed by atoms with Crippen molar-refractivity contribution in [3.8, 4) is 5.75 Å². The Morgan fingerprint density at radius 1 is 1.17 bits per heavy atom. The Balaban J connectivity index is 1.55. The number of hydrogen-bond acceptors (Lipinski definition) is 5. The normalized spacial score (nSPS) is 15.9. The molecule has 0 aromatic heterocycles. The number of ether oxygens (including phenoxy) is 2. The summed E-state index contributed by atoms with van der Waals surface area (Å²) in [6, 6.07) is 12.7. The molecule has 1 N–H and O–H groups in total. The van der Waals surface area contributed by atoms with Crippen LogP contribution in [0.5, 0.6) is 5.75 Å². The van der Waals surface area contributed by atoms with Gasteiger partial charge >= 0.3 is 5.97 Å². The zero-order chi connectivity index (χ0) is 21.0. The molecule has 0 unspecified atom stereocenters. The second-order valence-electron chi connectivity index (χ2n) is 7.01. The Hall–Kier alpha value is -3.35. The minimum Gasteiger partial charge on any atom is -0.497 e. The molecular weight excluding hydrogens is 372 g/mol. The molecule has 0 aliphatic carbocycles. The lowest BCUT2D eigenvalue weighted by Gasteiger charge is -2.17. The fraction of sp³-hybridized carbons (Fsp3) is 0.318. The maximum atomic E-state index is 12.4. The lowest BCUT2D eigenvalue weighted by atomic mass is 10.1. The van der Waals surface area contributed by atoms with Gasteiger partial charge in [-0.2, -0.15) is 0 Å². The molecule has 2 aromatic carbocycles. The van der Waals surface area contributed by atoms with Gasteiger partial charge < -0.3 is 19.7 Å². The van der Waals surface area contributed by atoms with Crippen LogP contribution in [0.1, 0.15) is 17.5 Å². The van der Waals surface area contributed by atoms with E-state index in [0.29, 0.717) is 17.1 Å². The van der Waals surface area contributed by atoms with Crippen molar-refractivity contribution >= 4 is 29.2 Å². The topological polar surface area (TPSA) is 84.9 Å². The third kappa shape index (κ3) is 4.74. The van der Waals surface area contributed by atoms with Crippen molar-refractivity contribution in [1.82, 2.24) is 0 Å². The van der Waals surface area contributed by atoms with Crippen LogP contribution in [0.25, 0.3) is 0 Å². The van der Waals surface area contributed by atoms with E-state index in [1.807, 2.05) is 26.0 Å². The molecule has 2 amide bonds. The first-order valence-electron chi connectivity index (χ1n) is 9.36. The number of methoxy groups -OCH3 is 1. The number of esters is 1. The lowest BCUT2D eigenvalue weighted by Crippen LogP contribution is -2.28. The van der Waals surface area contributed by atoms with Gasteiger partial charge in [0, 0.05) is 30.4 Å². The van der Waals surface area contributed by atoms with Crippen LogP contribution in [0.15, 0.2) is 42.5 Å². The van der Waals surface area contributed by atoms with Crippen LogP contribution in [0.4, 0.5) is 11.4 Å². The summed E-state index contributed by atoms with van der Waals surface area (Å²) in [7, 11) is 1.55. The zero-order valence-electron chi connectivity index (χ0n) is 16.7. The standard InChI is InChI=1S/C22H24N2O5/c1-14-6-4-9-19(15(14)2)23-20(25)13-29-22(27)16-10-21(26)24(12-16)17-7-5-8-18(11-17)28-3/h4-9,11,16H,10,12-13H2,1-3H3,(H,23,25)/t16-/m0/s1. The number of carbonyl (C=O) groups is 3. The molecule has 2 aromatic rings. The van der Waals surface area contributed by atoms with Crippen molar-refractivity contribution in [3.63, 3.8) is 0 Å². The molecule has 1 saturated heterocycles. The van der Waals surface area contributed by atoms with E-state index in [9.17, 15) is 14.4 Å². The van der Waals surface area contributed by atoms with E-state index in [2.05, 4.69) is 5.32 Å². The third-order valence-electron chi connectivity index (χ3n) is 5.05. The van der Waals surface area contributed by atoms with Gasteiger partial charge in [-0.25, -0.2) is 0 Å². The van der Waals surface area contributed by atoms with Crippen LogP contribution >= 0.6 is 0 Å². The summed E-state index contributed by atoms with van der Waals surface area (Å²) in [4.78, 5) is 38.4. The molecule has 0 saturated carbocycles. The van der Waals surface area contributed by atoms with Crippen LogP contribution < -0.4 is 15.0 Å². The molecule has 3 rings (SSSR count). The molecule has 0 radical (unpaired) electrons. The number of anilines is 2. The molecule has 1 fully saturated rings. The van der Waals surface area contributed by atoms with Crippen LogP contribution in [0.2, 0.25) is 0 Å². The quantitative estimate of drug-likeness (QED) is 0.759. The first-order chi connectivity index (χ1) is 13.9. The maximum absolute atomic E-state index is 12.4. The summed E-state index contributed by atoms with van der Waals surface area (Å²) in [6.45, 7) is 3.68. The minimum absolute atomic E-state index is 0.0502. The van der Waals surface area contributed by atoms with Gasteiger partial charge in [0.2, 0.25) is 5.91 Å². The number of nitrogens with one attached hydrogen (secondary N) is 1. The number of aryl methyl sites for hydroxylation is 1. The summed E-state index contributed by atoms with van der Waals surface area (Å²) < 4.78 is 10.3. The molecule has 29 heavy (non-hydrogen) atoms. The van der Waals surface area contributed by atoms with Crippen LogP contribution in [0.3, 0.4) is 0 Å². The van der Waals surface area contributed by atoms with E-state index < -0.39 is 24.4 Å². The number of hydrogen-bond donors (Lipinski definition) is 1. The van der Waals surface area contributed by atoms with Crippen LogP contribution in [-0.4, -0.2) is 38.0 Å². The monoisotopic (exact) mass is 396 g/mol. The second kappa shape index (κ2) is 8.77. The van der Waals surface area contributed by atoms with E-state index >= 15 is 0 Å². The predicted octanol–water partition coefficient (Wildman–Crippen LogP) is 2.85. The number of amides is 2. The van der Waals surface area contributed by atoms with Gasteiger partial charge in [0.25, 0.3) is 5.91 Å². The van der Waals surface area contributed by atoms with Gasteiger partial charge in [-0.3, -0.25) is 14.4 Å². The number of carbonyl (C=O) groups excluding carboxylic acids is 3. The highest BCUT2D eigenvalue weighted by Crippen LogP contribution is 2.28. The molecule has 0 bridgehead atoms. The van der Waals surface area contributed by atoms with Crippen molar-refractivity contribution in [2.75, 3.05) is 30.5 Å². The Morgan fingerprint density at radius 3 is 2.69 bits per heavy atom. The van der Waals surface area contributed by atoms with Crippen molar-refractivity contribution in [3.05, 3.63) is 53.6 Å². The average Bonchev–Trinajstić information content (AvgIpc) is 3.11. The Labute approximate surface area is 169 Å². The predicted molar refractivity (Wildman–Crippen MR) is 109 cm³/mol. The molecule has 7 heteroatoms. The molecule has 152 valence electrons. The number of benzene rings is 2. The highest BCUT2D eigenvalue weighted by Gasteiger charge is 2.36. The Morgan fingerprint density at radius 2 is 1.93 bits per heavy atom. The number of rotatable bonds is 6. The van der Waals surface area contributed by atoms with E-state index in [-0.39, 0.29) is 18.9 Å². The summed E-state index contributed by atoms with van der Waals surface area (Å²) in [5.74, 6) is -1.12. The molecule has 0 spiro atoms. The lowest BCUT2D eigenvalue weighted by molar-refractivity contribution is -0.151. The van der Waals surface area contributed by atoms with E-state index in [1.54, 1.807) is 37.4 Å². The smallest absolute Gasteiger partial charge is 0.311 e. The molecule has 7 nitrogen and oxygen atoms in total.